The molecule has 1 aromatic rings. The van der Waals surface area contributed by atoms with Gasteiger partial charge in [-0.1, -0.05) is 36.8 Å². The maximum Gasteiger partial charge on any atom is 0.0805 e. The van der Waals surface area contributed by atoms with E-state index in [9.17, 15) is 0 Å². The molecule has 96 valence electrons. The van der Waals surface area contributed by atoms with Crippen LogP contribution in [0.1, 0.15) is 38.3 Å². The number of hydrogen-bond acceptors (Lipinski definition) is 2. The molecule has 2 atom stereocenters. The Morgan fingerprint density at radius 2 is 1.82 bits per heavy atom. The van der Waals surface area contributed by atoms with Crippen molar-refractivity contribution < 1.29 is 4.74 Å². The Bertz CT molecular complexity index is 333. The summed E-state index contributed by atoms with van der Waals surface area (Å²) in [6.07, 6.45) is 1.80. The fourth-order valence-corrected chi connectivity index (χ4v) is 2.00. The molecule has 0 heterocycles. The average Bonchev–Trinajstić information content (AvgIpc) is 2.32. The highest BCUT2D eigenvalue weighted by Crippen LogP contribution is 2.21. The van der Waals surface area contributed by atoms with Crippen LogP contribution in [0.5, 0.6) is 0 Å². The van der Waals surface area contributed by atoms with Crippen molar-refractivity contribution in [1.29, 1.82) is 0 Å². The Labute approximate surface area is 105 Å². The van der Waals surface area contributed by atoms with Crippen LogP contribution in [0.3, 0.4) is 0 Å². The summed E-state index contributed by atoms with van der Waals surface area (Å²) in [6, 6.07) is 8.60. The second-order valence-electron chi connectivity index (χ2n) is 4.90. The van der Waals surface area contributed by atoms with E-state index in [4.69, 9.17) is 10.5 Å². The largest absolute Gasteiger partial charge is 0.374 e. The first kappa shape index (κ1) is 14.2. The molecule has 0 saturated heterocycles. The van der Waals surface area contributed by atoms with Crippen LogP contribution in [0.15, 0.2) is 24.3 Å². The van der Waals surface area contributed by atoms with Crippen molar-refractivity contribution in [3.63, 3.8) is 0 Å². The summed E-state index contributed by atoms with van der Waals surface area (Å²) in [7, 11) is 0. The fraction of sp³-hybridized carbons (Fsp3) is 0.600. The summed E-state index contributed by atoms with van der Waals surface area (Å²) in [5, 5.41) is 0. The molecule has 0 aromatic heterocycles. The molecule has 2 N–H and O–H groups in total. The molecule has 0 aliphatic carbocycles. The van der Waals surface area contributed by atoms with Gasteiger partial charge >= 0.3 is 0 Å². The van der Waals surface area contributed by atoms with Gasteiger partial charge in [-0.15, -0.1) is 0 Å². The molecule has 0 spiro atoms. The van der Waals surface area contributed by atoms with Gasteiger partial charge in [0.05, 0.1) is 5.60 Å². The maximum atomic E-state index is 6.29. The second kappa shape index (κ2) is 6.18. The van der Waals surface area contributed by atoms with E-state index in [1.807, 2.05) is 6.92 Å². The lowest BCUT2D eigenvalue weighted by Gasteiger charge is -2.34. The third-order valence-electron chi connectivity index (χ3n) is 3.54. The van der Waals surface area contributed by atoms with Crippen LogP contribution in [0.2, 0.25) is 0 Å². The van der Waals surface area contributed by atoms with Crippen molar-refractivity contribution in [2.75, 3.05) is 6.61 Å². The summed E-state index contributed by atoms with van der Waals surface area (Å²) < 4.78 is 5.81. The van der Waals surface area contributed by atoms with Gasteiger partial charge in [-0.05, 0) is 39.2 Å². The Hall–Kier alpha value is -0.860. The average molecular weight is 235 g/mol. The van der Waals surface area contributed by atoms with Crippen molar-refractivity contribution in [1.82, 2.24) is 0 Å². The number of rotatable bonds is 6. The van der Waals surface area contributed by atoms with Gasteiger partial charge in [0.2, 0.25) is 0 Å². The van der Waals surface area contributed by atoms with Crippen LogP contribution in [0.4, 0.5) is 0 Å². The number of nitrogens with two attached hydrogens (primary N) is 1. The molecule has 1 aromatic carbocycles. The molecule has 2 nitrogen and oxygen atoms in total. The van der Waals surface area contributed by atoms with Crippen LogP contribution in [0.25, 0.3) is 0 Å². The van der Waals surface area contributed by atoms with Crippen molar-refractivity contribution >= 4 is 0 Å². The zero-order valence-corrected chi connectivity index (χ0v) is 11.5. The predicted octanol–water partition coefficient (Wildman–Crippen LogP) is 3.07. The number of ether oxygens (including phenoxy) is 1. The number of hydrogen-bond donors (Lipinski definition) is 1. The molecule has 0 amide bonds. The molecule has 0 bridgehead atoms. The quantitative estimate of drug-likeness (QED) is 0.822. The molecule has 0 saturated carbocycles. The first-order valence-corrected chi connectivity index (χ1v) is 6.47. The first-order chi connectivity index (χ1) is 8.01. The summed E-state index contributed by atoms with van der Waals surface area (Å²) in [4.78, 5) is 0. The molecule has 0 radical (unpaired) electrons. The number of aryl methyl sites for hydroxylation is 1. The highest BCUT2D eigenvalue weighted by molar-refractivity contribution is 5.22. The monoisotopic (exact) mass is 235 g/mol. The van der Waals surface area contributed by atoms with E-state index < -0.39 is 0 Å². The van der Waals surface area contributed by atoms with Crippen LogP contribution in [-0.4, -0.2) is 18.2 Å². The molecule has 2 heteroatoms. The molecule has 1 rings (SSSR count). The molecular formula is C15H25NO. The topological polar surface area (TPSA) is 35.2 Å². The van der Waals surface area contributed by atoms with Crippen molar-refractivity contribution in [3.8, 4) is 0 Å². The van der Waals surface area contributed by atoms with Crippen LogP contribution in [-0.2, 0) is 11.2 Å². The van der Waals surface area contributed by atoms with E-state index in [1.54, 1.807) is 0 Å². The van der Waals surface area contributed by atoms with Gasteiger partial charge in [0, 0.05) is 12.6 Å². The van der Waals surface area contributed by atoms with E-state index in [0.29, 0.717) is 6.61 Å². The predicted molar refractivity (Wildman–Crippen MR) is 73.2 cm³/mol. The Balaban J connectivity index is 2.69. The zero-order chi connectivity index (χ0) is 12.9. The lowest BCUT2D eigenvalue weighted by Crippen LogP contribution is -2.48. The molecule has 0 aliphatic heterocycles. The Morgan fingerprint density at radius 3 is 2.29 bits per heavy atom. The van der Waals surface area contributed by atoms with E-state index >= 15 is 0 Å². The molecule has 0 fully saturated rings. The first-order valence-electron chi connectivity index (χ1n) is 6.47. The maximum absolute atomic E-state index is 6.29. The van der Waals surface area contributed by atoms with Gasteiger partial charge in [0.25, 0.3) is 0 Å². The van der Waals surface area contributed by atoms with E-state index in [0.717, 1.165) is 12.8 Å². The fourth-order valence-electron chi connectivity index (χ4n) is 2.00. The molecular weight excluding hydrogens is 210 g/mol. The van der Waals surface area contributed by atoms with Crippen LogP contribution in [0, 0.1) is 6.92 Å². The van der Waals surface area contributed by atoms with Crippen molar-refractivity contribution in [3.05, 3.63) is 35.4 Å². The van der Waals surface area contributed by atoms with E-state index in [-0.39, 0.29) is 11.6 Å². The van der Waals surface area contributed by atoms with E-state index in [1.165, 1.54) is 11.1 Å². The summed E-state index contributed by atoms with van der Waals surface area (Å²) in [6.45, 7) is 9.07. The normalized spacial score (nSPS) is 16.5. The van der Waals surface area contributed by atoms with Crippen LogP contribution < -0.4 is 5.73 Å². The minimum Gasteiger partial charge on any atom is -0.374 e. The van der Waals surface area contributed by atoms with Gasteiger partial charge < -0.3 is 10.5 Å². The summed E-state index contributed by atoms with van der Waals surface area (Å²) in [5.41, 5.74) is 8.63. The smallest absolute Gasteiger partial charge is 0.0805 e. The van der Waals surface area contributed by atoms with Gasteiger partial charge in [-0.25, -0.2) is 0 Å². The zero-order valence-electron chi connectivity index (χ0n) is 11.5. The summed E-state index contributed by atoms with van der Waals surface area (Å²) in [5.74, 6) is 0. The Morgan fingerprint density at radius 1 is 1.24 bits per heavy atom. The molecule has 0 aliphatic rings. The second-order valence-corrected chi connectivity index (χ2v) is 4.90. The van der Waals surface area contributed by atoms with Crippen molar-refractivity contribution in [2.45, 2.75) is 52.2 Å². The van der Waals surface area contributed by atoms with Gasteiger partial charge in [-0.2, -0.15) is 0 Å². The standard InChI is InChI=1S/C15H25NO/c1-5-15(4,17-6-2)14(16)11-13-9-7-12(3)8-10-13/h7-10,14H,5-6,11,16H2,1-4H3. The minimum atomic E-state index is -0.223. The third-order valence-corrected chi connectivity index (χ3v) is 3.54. The minimum absolute atomic E-state index is 0.0372. The Kier molecular flexibility index (Phi) is 5.16. The molecule has 17 heavy (non-hydrogen) atoms. The lowest BCUT2D eigenvalue weighted by molar-refractivity contribution is -0.0461. The molecule has 2 unspecified atom stereocenters. The van der Waals surface area contributed by atoms with Gasteiger partial charge in [0.1, 0.15) is 0 Å². The SMILES string of the molecule is CCOC(C)(CC)C(N)Cc1ccc(C)cc1. The van der Waals surface area contributed by atoms with E-state index in [2.05, 4.69) is 45.0 Å². The third kappa shape index (κ3) is 3.83. The highest BCUT2D eigenvalue weighted by Gasteiger charge is 2.30. The lowest BCUT2D eigenvalue weighted by atomic mass is 9.89. The van der Waals surface area contributed by atoms with Gasteiger partial charge in [-0.3, -0.25) is 0 Å². The summed E-state index contributed by atoms with van der Waals surface area (Å²) >= 11 is 0. The number of benzene rings is 1. The van der Waals surface area contributed by atoms with Crippen LogP contribution >= 0.6 is 0 Å². The van der Waals surface area contributed by atoms with Gasteiger partial charge in [0.15, 0.2) is 0 Å². The van der Waals surface area contributed by atoms with Crippen molar-refractivity contribution in [2.24, 2.45) is 5.73 Å². The highest BCUT2D eigenvalue weighted by atomic mass is 16.5.